The molecule has 36 heavy (non-hydrogen) atoms. The fraction of sp³-hybridized carbons (Fsp3) is 0.444. The van der Waals surface area contributed by atoms with E-state index in [4.69, 9.17) is 28.2 Å². The molecular weight excluding hydrogens is 497 g/mol. The first-order valence-corrected chi connectivity index (χ1v) is 13.4. The van der Waals surface area contributed by atoms with Crippen LogP contribution in [0.2, 0.25) is 10.0 Å². The number of rotatable bonds is 6. The molecule has 1 heterocycles. The lowest BCUT2D eigenvalue weighted by Gasteiger charge is -2.36. The summed E-state index contributed by atoms with van der Waals surface area (Å²) in [5, 5.41) is 10.5. The molecule has 1 saturated carbocycles. The number of anilines is 1. The standard InChI is InChI=1S/C27H33Cl2N5O2/c1-18-25(35)31-15-16-34(18)27(32-22-5-3-2-4-6-22)33-23-11-8-20(9-12-23)26(36)30-14-13-19-7-10-21(28)17-24(19)29/h7-12,17-18,22H,2-6,13-16H2,1H3,(H,30,36)(H,31,35)(H,32,33). The van der Waals surface area contributed by atoms with Gasteiger partial charge >= 0.3 is 0 Å². The van der Waals surface area contributed by atoms with Crippen LogP contribution in [0.1, 0.15) is 54.9 Å². The highest BCUT2D eigenvalue weighted by molar-refractivity contribution is 6.35. The maximum atomic E-state index is 12.6. The molecule has 0 radical (unpaired) electrons. The van der Waals surface area contributed by atoms with Crippen LogP contribution in [0.25, 0.3) is 0 Å². The number of aliphatic imine (C=N–C) groups is 1. The highest BCUT2D eigenvalue weighted by Crippen LogP contribution is 2.23. The summed E-state index contributed by atoms with van der Waals surface area (Å²) < 4.78 is 0. The Balaban J connectivity index is 1.39. The van der Waals surface area contributed by atoms with E-state index in [2.05, 4.69) is 16.0 Å². The molecule has 0 aromatic heterocycles. The predicted molar refractivity (Wildman–Crippen MR) is 146 cm³/mol. The number of halogens is 2. The number of nitrogens with zero attached hydrogens (tertiary/aromatic N) is 2. The second kappa shape index (κ2) is 12.5. The molecule has 1 unspecified atom stereocenters. The van der Waals surface area contributed by atoms with Gasteiger partial charge in [-0.1, -0.05) is 48.5 Å². The smallest absolute Gasteiger partial charge is 0.251 e. The normalized spacial score (nSPS) is 19.1. The molecule has 1 aliphatic carbocycles. The Labute approximate surface area is 222 Å². The minimum Gasteiger partial charge on any atom is -0.353 e. The van der Waals surface area contributed by atoms with E-state index >= 15 is 0 Å². The van der Waals surface area contributed by atoms with Crippen molar-refractivity contribution in [3.8, 4) is 0 Å². The van der Waals surface area contributed by atoms with Crippen LogP contribution >= 0.6 is 23.2 Å². The topological polar surface area (TPSA) is 85.8 Å². The van der Waals surface area contributed by atoms with E-state index in [9.17, 15) is 9.59 Å². The number of carbonyl (C=O) groups excluding carboxylic acids is 2. The number of piperazine rings is 1. The minimum absolute atomic E-state index is 0.00583. The number of carbonyl (C=O) groups is 2. The van der Waals surface area contributed by atoms with Crippen LogP contribution in [0.15, 0.2) is 47.5 Å². The third kappa shape index (κ3) is 6.92. The Hall–Kier alpha value is -2.77. The zero-order valence-corrected chi connectivity index (χ0v) is 22.0. The molecule has 0 spiro atoms. The van der Waals surface area contributed by atoms with Gasteiger partial charge in [0.15, 0.2) is 5.96 Å². The molecule has 1 aliphatic heterocycles. The highest BCUT2D eigenvalue weighted by Gasteiger charge is 2.29. The summed E-state index contributed by atoms with van der Waals surface area (Å²) in [5.74, 6) is 0.580. The molecule has 1 atom stereocenters. The molecule has 0 bridgehead atoms. The summed E-state index contributed by atoms with van der Waals surface area (Å²) in [4.78, 5) is 32.0. The van der Waals surface area contributed by atoms with Gasteiger partial charge < -0.3 is 20.9 Å². The van der Waals surface area contributed by atoms with Gasteiger partial charge in [0.25, 0.3) is 5.91 Å². The van der Waals surface area contributed by atoms with Crippen LogP contribution in [0.3, 0.4) is 0 Å². The molecule has 192 valence electrons. The van der Waals surface area contributed by atoms with Gasteiger partial charge in [0.2, 0.25) is 5.91 Å². The lowest BCUT2D eigenvalue weighted by Crippen LogP contribution is -2.57. The number of hydrogen-bond donors (Lipinski definition) is 3. The van der Waals surface area contributed by atoms with Crippen LogP contribution in [-0.2, 0) is 11.2 Å². The summed E-state index contributed by atoms with van der Waals surface area (Å²) in [6.07, 6.45) is 6.38. The summed E-state index contributed by atoms with van der Waals surface area (Å²) in [7, 11) is 0. The van der Waals surface area contributed by atoms with Crippen LogP contribution in [0.4, 0.5) is 5.69 Å². The number of guanidine groups is 1. The first-order valence-electron chi connectivity index (χ1n) is 12.6. The quantitative estimate of drug-likeness (QED) is 0.367. The third-order valence-corrected chi connectivity index (χ3v) is 7.34. The zero-order valence-electron chi connectivity index (χ0n) is 20.5. The number of hydrogen-bond acceptors (Lipinski definition) is 3. The van der Waals surface area contributed by atoms with Crippen molar-refractivity contribution in [1.82, 2.24) is 15.5 Å². The molecule has 2 aromatic rings. The molecule has 7 nitrogen and oxygen atoms in total. The van der Waals surface area contributed by atoms with Gasteiger partial charge in [0.05, 0.1) is 6.04 Å². The van der Waals surface area contributed by atoms with E-state index in [0.717, 1.165) is 30.1 Å². The van der Waals surface area contributed by atoms with E-state index in [0.29, 0.717) is 41.7 Å². The van der Waals surface area contributed by atoms with E-state index < -0.39 is 0 Å². The Bertz CT molecular complexity index is 1100. The van der Waals surface area contributed by atoms with Gasteiger partial charge in [-0.05, 0) is 68.1 Å². The summed E-state index contributed by atoms with van der Waals surface area (Å²) in [6.45, 7) is 3.66. The lowest BCUT2D eigenvalue weighted by atomic mass is 9.96. The fourth-order valence-corrected chi connectivity index (χ4v) is 5.11. The van der Waals surface area contributed by atoms with Crippen molar-refractivity contribution in [2.75, 3.05) is 25.0 Å². The molecular formula is C27H33Cl2N5O2. The average molecular weight is 531 g/mol. The first-order chi connectivity index (χ1) is 17.4. The van der Waals surface area contributed by atoms with Gasteiger partial charge in [-0.3, -0.25) is 9.59 Å². The van der Waals surface area contributed by atoms with E-state index in [1.54, 1.807) is 24.3 Å². The average Bonchev–Trinajstić information content (AvgIpc) is 2.87. The van der Waals surface area contributed by atoms with Gasteiger partial charge in [0, 0.05) is 40.9 Å². The van der Waals surface area contributed by atoms with Crippen molar-refractivity contribution >= 4 is 46.7 Å². The summed E-state index contributed by atoms with van der Waals surface area (Å²) >= 11 is 12.2. The van der Waals surface area contributed by atoms with Gasteiger partial charge in [0.1, 0.15) is 6.04 Å². The van der Waals surface area contributed by atoms with Gasteiger partial charge in [-0.2, -0.15) is 0 Å². The zero-order chi connectivity index (χ0) is 25.5. The Morgan fingerprint density at radius 1 is 1.11 bits per heavy atom. The maximum Gasteiger partial charge on any atom is 0.251 e. The Morgan fingerprint density at radius 3 is 2.58 bits per heavy atom. The SMILES string of the molecule is CC1C(=O)NCCN1C(=NC1CCCCC1)Nc1ccc(C(=O)NCCc2ccc(Cl)cc2Cl)cc1. The van der Waals surface area contributed by atoms with Crippen LogP contribution in [-0.4, -0.2) is 54.4 Å². The number of benzene rings is 2. The predicted octanol–water partition coefficient (Wildman–Crippen LogP) is 4.89. The largest absolute Gasteiger partial charge is 0.353 e. The molecule has 2 fully saturated rings. The Kier molecular flexibility index (Phi) is 9.10. The molecule has 3 N–H and O–H groups in total. The number of amides is 2. The van der Waals surface area contributed by atoms with Crippen LogP contribution in [0.5, 0.6) is 0 Å². The van der Waals surface area contributed by atoms with Crippen molar-refractivity contribution < 1.29 is 9.59 Å². The van der Waals surface area contributed by atoms with Crippen molar-refractivity contribution in [3.05, 3.63) is 63.6 Å². The second-order valence-corrected chi connectivity index (χ2v) is 10.2. The maximum absolute atomic E-state index is 12.6. The van der Waals surface area contributed by atoms with Crippen LogP contribution in [0, 0.1) is 0 Å². The summed E-state index contributed by atoms with van der Waals surface area (Å²) in [6, 6.07) is 12.6. The third-order valence-electron chi connectivity index (χ3n) is 6.75. The first kappa shape index (κ1) is 26.3. The lowest BCUT2D eigenvalue weighted by molar-refractivity contribution is -0.126. The van der Waals surface area contributed by atoms with Crippen molar-refractivity contribution in [2.24, 2.45) is 4.99 Å². The number of nitrogens with one attached hydrogen (secondary N) is 3. The highest BCUT2D eigenvalue weighted by atomic mass is 35.5. The molecule has 2 aromatic carbocycles. The second-order valence-electron chi connectivity index (χ2n) is 9.35. The van der Waals surface area contributed by atoms with E-state index in [-0.39, 0.29) is 23.9 Å². The molecule has 9 heteroatoms. The molecule has 2 aliphatic rings. The van der Waals surface area contributed by atoms with Crippen molar-refractivity contribution in [1.29, 1.82) is 0 Å². The van der Waals surface area contributed by atoms with Crippen LogP contribution < -0.4 is 16.0 Å². The van der Waals surface area contributed by atoms with E-state index in [1.165, 1.54) is 19.3 Å². The van der Waals surface area contributed by atoms with Crippen molar-refractivity contribution in [2.45, 2.75) is 57.5 Å². The van der Waals surface area contributed by atoms with Crippen molar-refractivity contribution in [3.63, 3.8) is 0 Å². The minimum atomic E-state index is -0.298. The van der Waals surface area contributed by atoms with Gasteiger partial charge in [-0.15, -0.1) is 0 Å². The fourth-order valence-electron chi connectivity index (χ4n) is 4.60. The van der Waals surface area contributed by atoms with E-state index in [1.807, 2.05) is 30.0 Å². The monoisotopic (exact) mass is 529 g/mol. The summed E-state index contributed by atoms with van der Waals surface area (Å²) in [5.41, 5.74) is 2.33. The molecule has 1 saturated heterocycles. The van der Waals surface area contributed by atoms with Gasteiger partial charge in [-0.25, -0.2) is 4.99 Å². The Morgan fingerprint density at radius 2 is 1.86 bits per heavy atom. The molecule has 2 amide bonds. The molecule has 4 rings (SSSR count).